The van der Waals surface area contributed by atoms with Crippen LogP contribution in [0.2, 0.25) is 0 Å². The van der Waals surface area contributed by atoms with Gasteiger partial charge in [-0.05, 0) is 31.9 Å². The van der Waals surface area contributed by atoms with Crippen molar-refractivity contribution >= 4 is 31.9 Å². The van der Waals surface area contributed by atoms with Crippen molar-refractivity contribution in [3.05, 3.63) is 0 Å². The minimum Gasteiger partial charge on any atom is -0.263 e. The first-order valence-corrected chi connectivity index (χ1v) is 5.64. The molecule has 0 aromatic heterocycles. The predicted octanol–water partition coefficient (Wildman–Crippen LogP) is 5.43. The highest BCUT2D eigenvalue weighted by Gasteiger charge is 2.80. The van der Waals surface area contributed by atoms with Gasteiger partial charge in [-0.25, -0.2) is 0 Å². The number of hydrogen-bond donors (Lipinski definition) is 0. The zero-order valence-corrected chi connectivity index (χ0v) is 11.9. The van der Waals surface area contributed by atoms with E-state index in [1.54, 1.807) is 0 Å². The minimum atomic E-state index is -7.14. The van der Waals surface area contributed by atoms with Gasteiger partial charge in [-0.2, -0.15) is 52.7 Å². The molecule has 0 heterocycles. The molecule has 0 N–H and O–H groups in total. The van der Waals surface area contributed by atoms with Gasteiger partial charge in [0.15, 0.2) is 0 Å². The molecule has 0 aliphatic heterocycles. The van der Waals surface area contributed by atoms with Crippen LogP contribution in [0.25, 0.3) is 0 Å². The molecule has 0 radical (unpaired) electrons. The molecular weight excluding hydrogens is 476 g/mol. The van der Waals surface area contributed by atoms with Gasteiger partial charge in [0.05, 0.1) is 0 Å². The molecule has 0 aliphatic carbocycles. The Hall–Kier alpha value is 0.0800. The minimum absolute atomic E-state index is 0.805. The van der Waals surface area contributed by atoms with E-state index in [1.807, 2.05) is 4.74 Å². The van der Waals surface area contributed by atoms with E-state index in [9.17, 15) is 52.7 Å². The van der Waals surface area contributed by atoms with Crippen molar-refractivity contribution in [3.8, 4) is 0 Å². The highest BCUT2D eigenvalue weighted by Crippen LogP contribution is 2.56. The molecule has 1 atom stereocenters. The average molecular weight is 476 g/mol. The Labute approximate surface area is 123 Å². The lowest BCUT2D eigenvalue weighted by Gasteiger charge is -2.35. The summed E-state index contributed by atoms with van der Waals surface area (Å²) in [5, 5.41) is 0. The van der Waals surface area contributed by atoms with Crippen LogP contribution in [0.5, 0.6) is 0 Å². The first-order chi connectivity index (χ1) is 8.71. The van der Waals surface area contributed by atoms with Gasteiger partial charge < -0.3 is 0 Å². The van der Waals surface area contributed by atoms with Crippen molar-refractivity contribution in [1.29, 1.82) is 0 Å². The van der Waals surface area contributed by atoms with Crippen LogP contribution in [0.1, 0.15) is 0 Å². The average Bonchev–Trinajstić information content (AvgIpc) is 2.11. The molecule has 15 heteroatoms. The van der Waals surface area contributed by atoms with Crippen molar-refractivity contribution in [3.63, 3.8) is 0 Å². The van der Waals surface area contributed by atoms with Crippen molar-refractivity contribution in [1.82, 2.24) is 0 Å². The van der Waals surface area contributed by atoms with E-state index in [2.05, 4.69) is 0 Å². The van der Waals surface area contributed by atoms with Crippen LogP contribution < -0.4 is 0 Å². The van der Waals surface area contributed by atoms with Crippen molar-refractivity contribution < 1.29 is 57.4 Å². The lowest BCUT2D eigenvalue weighted by atomic mass is 10.3. The third-order valence-corrected chi connectivity index (χ3v) is 2.86. The fourth-order valence-corrected chi connectivity index (χ4v) is 1.59. The number of rotatable bonds is 5. The molecule has 1 unspecified atom stereocenters. The van der Waals surface area contributed by atoms with Crippen LogP contribution in [0, 0.1) is 0 Å². The van der Waals surface area contributed by atoms with E-state index in [0.717, 1.165) is 31.9 Å². The van der Waals surface area contributed by atoms with Crippen LogP contribution in [0.4, 0.5) is 52.7 Å². The summed E-state index contributed by atoms with van der Waals surface area (Å²) in [6.45, 7) is 0. The Kier molecular flexibility index (Phi) is 5.34. The predicted molar refractivity (Wildman–Crippen MR) is 48.6 cm³/mol. The Morgan fingerprint density at radius 2 is 0.905 bits per heavy atom. The summed E-state index contributed by atoms with van der Waals surface area (Å²) in [6, 6.07) is 0. The summed E-state index contributed by atoms with van der Waals surface area (Å²) < 4.78 is 144. The second-order valence-electron chi connectivity index (χ2n) is 3.28. The van der Waals surface area contributed by atoms with E-state index in [0.29, 0.717) is 0 Å². The second-order valence-corrected chi connectivity index (χ2v) is 5.30. The molecule has 0 aliphatic rings. The third-order valence-electron chi connectivity index (χ3n) is 1.70. The van der Waals surface area contributed by atoms with Gasteiger partial charge in [-0.15, -0.1) is 0 Å². The highest BCUT2D eigenvalue weighted by atomic mass is 79.9. The SMILES string of the molecule is FC(F)(F)C(F)(F)C(F)(F)OC(F)(Br)C(F)(F)C(F)(F)Br. The zero-order valence-electron chi connectivity index (χ0n) is 8.70. The maximum atomic E-state index is 13.0. The molecule has 0 saturated carbocycles. The smallest absolute Gasteiger partial charge is 0.263 e. The van der Waals surface area contributed by atoms with Crippen LogP contribution >= 0.6 is 31.9 Å². The normalized spacial score (nSPS) is 18.6. The molecule has 0 amide bonds. The number of hydrogen-bond acceptors (Lipinski definition) is 1. The Bertz CT molecular complexity index is 346. The van der Waals surface area contributed by atoms with Gasteiger partial charge in [0.1, 0.15) is 0 Å². The van der Waals surface area contributed by atoms with Gasteiger partial charge in [0, 0.05) is 0 Å². The molecule has 1 nitrogen and oxygen atoms in total. The van der Waals surface area contributed by atoms with E-state index < -0.39 is 33.7 Å². The molecule has 0 rings (SSSR count). The molecule has 0 fully saturated rings. The fraction of sp³-hybridized carbons (Fsp3) is 1.00. The quantitative estimate of drug-likeness (QED) is 0.380. The van der Waals surface area contributed by atoms with Gasteiger partial charge in [0.2, 0.25) is 0 Å². The Balaban J connectivity index is 5.65. The summed E-state index contributed by atoms with van der Waals surface area (Å²) in [5.41, 5.74) is 0. The molecule has 0 bridgehead atoms. The first kappa shape index (κ1) is 21.1. The molecule has 0 aromatic rings. The third kappa shape index (κ3) is 3.71. The van der Waals surface area contributed by atoms with Crippen LogP contribution in [-0.4, -0.2) is 33.7 Å². The number of ether oxygens (including phenoxy) is 1. The Morgan fingerprint density at radius 3 is 1.14 bits per heavy atom. The van der Waals surface area contributed by atoms with Gasteiger partial charge >= 0.3 is 33.7 Å². The lowest BCUT2D eigenvalue weighted by Crippen LogP contribution is -2.60. The lowest BCUT2D eigenvalue weighted by molar-refractivity contribution is -0.460. The standard InChI is InChI=1S/C6Br2F12O/c7-3(13,14)1(9,10)4(8,15)21-6(19,20)2(11,12)5(16,17)18. The van der Waals surface area contributed by atoms with Gasteiger partial charge in [0.25, 0.3) is 0 Å². The summed E-state index contributed by atoms with van der Waals surface area (Å²) in [4.78, 5) is -5.62. The van der Waals surface area contributed by atoms with E-state index in [4.69, 9.17) is 0 Å². The summed E-state index contributed by atoms with van der Waals surface area (Å²) >= 11 is 1.65. The van der Waals surface area contributed by atoms with Crippen LogP contribution in [0.3, 0.4) is 0 Å². The van der Waals surface area contributed by atoms with Crippen LogP contribution in [-0.2, 0) is 4.74 Å². The molecule has 0 spiro atoms. The summed E-state index contributed by atoms with van der Waals surface area (Å²) in [6.07, 6.45) is -14.0. The first-order valence-electron chi connectivity index (χ1n) is 4.05. The van der Waals surface area contributed by atoms with E-state index in [-0.39, 0.29) is 0 Å². The molecule has 0 aromatic carbocycles. The Morgan fingerprint density at radius 1 is 0.571 bits per heavy atom. The molecule has 21 heavy (non-hydrogen) atoms. The van der Waals surface area contributed by atoms with E-state index >= 15 is 0 Å². The fourth-order valence-electron chi connectivity index (χ4n) is 0.619. The topological polar surface area (TPSA) is 9.23 Å². The highest BCUT2D eigenvalue weighted by molar-refractivity contribution is 9.10. The zero-order chi connectivity index (χ0) is 17.7. The molecular formula is C6Br2F12O. The summed E-state index contributed by atoms with van der Waals surface area (Å²) in [7, 11) is 0. The maximum Gasteiger partial charge on any atom is 0.462 e. The van der Waals surface area contributed by atoms with Crippen molar-refractivity contribution in [2.75, 3.05) is 0 Å². The second kappa shape index (κ2) is 5.32. The maximum absolute atomic E-state index is 13.0. The van der Waals surface area contributed by atoms with Crippen molar-refractivity contribution in [2.24, 2.45) is 0 Å². The van der Waals surface area contributed by atoms with Gasteiger partial charge in [-0.3, -0.25) is 4.74 Å². The molecule has 128 valence electrons. The summed E-state index contributed by atoms with van der Waals surface area (Å²) in [5.74, 6) is -13.4. The largest absolute Gasteiger partial charge is 0.462 e. The van der Waals surface area contributed by atoms with E-state index in [1.165, 1.54) is 0 Å². The monoisotopic (exact) mass is 474 g/mol. The number of alkyl halides is 14. The number of halogens is 14. The van der Waals surface area contributed by atoms with Crippen LogP contribution in [0.15, 0.2) is 0 Å². The van der Waals surface area contributed by atoms with Crippen molar-refractivity contribution in [2.45, 2.75) is 33.7 Å². The van der Waals surface area contributed by atoms with Gasteiger partial charge in [-0.1, -0.05) is 0 Å². The molecule has 0 saturated heterocycles.